The molecule has 0 bridgehead atoms. The molecule has 1 fully saturated rings. The molecule has 0 aliphatic carbocycles. The summed E-state index contributed by atoms with van der Waals surface area (Å²) >= 11 is 0. The summed E-state index contributed by atoms with van der Waals surface area (Å²) in [7, 11) is 0. The topological polar surface area (TPSA) is 55.8 Å². The minimum Gasteiger partial charge on any atom is -0.391 e. The minimum atomic E-state index is -0.472. The van der Waals surface area contributed by atoms with E-state index in [1.165, 1.54) is 0 Å². The predicted molar refractivity (Wildman–Crippen MR) is 53.3 cm³/mol. The monoisotopic (exact) mass is 215 g/mol. The molecule has 1 aliphatic heterocycles. The van der Waals surface area contributed by atoms with E-state index in [9.17, 15) is 9.59 Å². The summed E-state index contributed by atoms with van der Waals surface area (Å²) in [4.78, 5) is 23.5. The Kier molecular flexibility index (Phi) is 5.28. The van der Waals surface area contributed by atoms with Crippen molar-refractivity contribution in [3.8, 4) is 0 Å². The standard InChI is InChI=1S/C10H17NO4/c1-2-3-5-14-6-4-11-7-9(12)15-10(13)8-11/h2-8H2,1H3. The van der Waals surface area contributed by atoms with E-state index < -0.39 is 11.9 Å². The van der Waals surface area contributed by atoms with Crippen LogP contribution in [-0.4, -0.2) is 49.7 Å². The molecule has 0 atom stereocenters. The molecule has 5 heteroatoms. The molecule has 0 radical (unpaired) electrons. The lowest BCUT2D eigenvalue weighted by molar-refractivity contribution is -0.167. The van der Waals surface area contributed by atoms with Crippen LogP contribution < -0.4 is 0 Å². The zero-order valence-electron chi connectivity index (χ0n) is 9.03. The van der Waals surface area contributed by atoms with E-state index in [2.05, 4.69) is 11.7 Å². The zero-order chi connectivity index (χ0) is 11.1. The van der Waals surface area contributed by atoms with Crippen LogP contribution in [0.1, 0.15) is 19.8 Å². The number of hydrogen-bond acceptors (Lipinski definition) is 5. The summed E-state index contributed by atoms with van der Waals surface area (Å²) in [5.74, 6) is -0.945. The first-order valence-electron chi connectivity index (χ1n) is 5.26. The Labute approximate surface area is 89.3 Å². The number of carbonyl (C=O) groups excluding carboxylic acids is 2. The van der Waals surface area contributed by atoms with Gasteiger partial charge in [0.1, 0.15) is 0 Å². The Morgan fingerprint density at radius 2 is 1.93 bits per heavy atom. The molecular formula is C10H17NO4. The van der Waals surface area contributed by atoms with Crippen molar-refractivity contribution >= 4 is 11.9 Å². The van der Waals surface area contributed by atoms with Crippen LogP contribution in [0.2, 0.25) is 0 Å². The second-order valence-corrected chi connectivity index (χ2v) is 3.52. The van der Waals surface area contributed by atoms with Crippen molar-refractivity contribution in [3.05, 3.63) is 0 Å². The molecule has 5 nitrogen and oxygen atoms in total. The van der Waals surface area contributed by atoms with Crippen molar-refractivity contribution in [3.63, 3.8) is 0 Å². The van der Waals surface area contributed by atoms with E-state index in [-0.39, 0.29) is 13.1 Å². The van der Waals surface area contributed by atoms with Crippen LogP contribution in [0, 0.1) is 0 Å². The Morgan fingerprint density at radius 3 is 2.53 bits per heavy atom. The quantitative estimate of drug-likeness (QED) is 0.359. The molecular weight excluding hydrogens is 198 g/mol. The van der Waals surface area contributed by atoms with Gasteiger partial charge in [0, 0.05) is 13.2 Å². The van der Waals surface area contributed by atoms with Crippen molar-refractivity contribution in [1.82, 2.24) is 4.90 Å². The number of morpholine rings is 1. The Bertz CT molecular complexity index is 213. The summed E-state index contributed by atoms with van der Waals surface area (Å²) in [5, 5.41) is 0. The summed E-state index contributed by atoms with van der Waals surface area (Å²) < 4.78 is 9.74. The maximum Gasteiger partial charge on any atom is 0.327 e. The highest BCUT2D eigenvalue weighted by atomic mass is 16.6. The zero-order valence-corrected chi connectivity index (χ0v) is 9.03. The van der Waals surface area contributed by atoms with Crippen molar-refractivity contribution in [2.75, 3.05) is 32.8 Å². The lowest BCUT2D eigenvalue weighted by atomic mass is 10.4. The predicted octanol–water partition coefficient (Wildman–Crippen LogP) is 0.188. The van der Waals surface area contributed by atoms with Crippen LogP contribution in [0.25, 0.3) is 0 Å². The van der Waals surface area contributed by atoms with Crippen molar-refractivity contribution < 1.29 is 19.1 Å². The molecule has 0 saturated carbocycles. The molecule has 1 aliphatic rings. The maximum atomic E-state index is 10.9. The Balaban J connectivity index is 2.10. The molecule has 0 aromatic carbocycles. The SMILES string of the molecule is CCCCOCCN1CC(=O)OC(=O)C1. The molecule has 1 saturated heterocycles. The third kappa shape index (κ3) is 4.90. The smallest absolute Gasteiger partial charge is 0.327 e. The lowest BCUT2D eigenvalue weighted by Gasteiger charge is -2.23. The van der Waals surface area contributed by atoms with Gasteiger partial charge >= 0.3 is 11.9 Å². The highest BCUT2D eigenvalue weighted by Crippen LogP contribution is 1.99. The van der Waals surface area contributed by atoms with Crippen molar-refractivity contribution in [2.24, 2.45) is 0 Å². The van der Waals surface area contributed by atoms with E-state index in [0.29, 0.717) is 13.2 Å². The fourth-order valence-corrected chi connectivity index (χ4v) is 1.31. The third-order valence-electron chi connectivity index (χ3n) is 2.13. The molecule has 0 aromatic rings. The van der Waals surface area contributed by atoms with E-state index in [4.69, 9.17) is 4.74 Å². The Hall–Kier alpha value is -0.940. The van der Waals surface area contributed by atoms with E-state index in [0.717, 1.165) is 19.4 Å². The summed E-state index contributed by atoms with van der Waals surface area (Å²) in [6.45, 7) is 4.36. The second-order valence-electron chi connectivity index (χ2n) is 3.52. The van der Waals surface area contributed by atoms with Crippen molar-refractivity contribution in [1.29, 1.82) is 0 Å². The number of nitrogens with zero attached hydrogens (tertiary/aromatic N) is 1. The van der Waals surface area contributed by atoms with Gasteiger partial charge in [-0.15, -0.1) is 0 Å². The molecule has 1 rings (SSSR count). The number of rotatable bonds is 6. The molecule has 0 amide bonds. The van der Waals surface area contributed by atoms with Gasteiger partial charge in [-0.2, -0.15) is 0 Å². The van der Waals surface area contributed by atoms with Gasteiger partial charge in [0.05, 0.1) is 19.7 Å². The molecule has 0 N–H and O–H groups in total. The number of unbranched alkanes of at least 4 members (excludes halogenated alkanes) is 1. The van der Waals surface area contributed by atoms with Gasteiger partial charge in [-0.3, -0.25) is 14.5 Å². The maximum absolute atomic E-state index is 10.9. The van der Waals surface area contributed by atoms with Crippen LogP contribution in [0.15, 0.2) is 0 Å². The average Bonchev–Trinajstić information content (AvgIpc) is 2.16. The van der Waals surface area contributed by atoms with Crippen LogP contribution in [0.5, 0.6) is 0 Å². The van der Waals surface area contributed by atoms with E-state index in [1.807, 2.05) is 0 Å². The fraction of sp³-hybridized carbons (Fsp3) is 0.800. The molecule has 86 valence electrons. The molecule has 1 heterocycles. The number of hydrogen-bond donors (Lipinski definition) is 0. The fourth-order valence-electron chi connectivity index (χ4n) is 1.31. The first kappa shape index (κ1) is 12.1. The summed E-state index contributed by atoms with van der Waals surface area (Å²) in [6, 6.07) is 0. The molecule has 15 heavy (non-hydrogen) atoms. The van der Waals surface area contributed by atoms with Gasteiger partial charge in [0.2, 0.25) is 0 Å². The van der Waals surface area contributed by atoms with Gasteiger partial charge in [-0.1, -0.05) is 13.3 Å². The summed E-state index contributed by atoms with van der Waals surface area (Å²) in [6.07, 6.45) is 2.15. The van der Waals surface area contributed by atoms with E-state index >= 15 is 0 Å². The molecule has 0 aromatic heterocycles. The first-order chi connectivity index (χ1) is 7.22. The minimum absolute atomic E-state index is 0.183. The van der Waals surface area contributed by atoms with Gasteiger partial charge in [0.15, 0.2) is 0 Å². The van der Waals surface area contributed by atoms with Crippen LogP contribution >= 0.6 is 0 Å². The summed E-state index contributed by atoms with van der Waals surface area (Å²) in [5.41, 5.74) is 0. The highest BCUT2D eigenvalue weighted by molar-refractivity contribution is 5.90. The first-order valence-corrected chi connectivity index (χ1v) is 5.26. The number of ether oxygens (including phenoxy) is 2. The second kappa shape index (κ2) is 6.53. The van der Waals surface area contributed by atoms with Crippen molar-refractivity contribution in [2.45, 2.75) is 19.8 Å². The number of esters is 2. The number of cyclic esters (lactones) is 2. The highest BCUT2D eigenvalue weighted by Gasteiger charge is 2.23. The van der Waals surface area contributed by atoms with Crippen LogP contribution in [-0.2, 0) is 19.1 Å². The van der Waals surface area contributed by atoms with Gasteiger partial charge in [-0.25, -0.2) is 0 Å². The largest absolute Gasteiger partial charge is 0.391 e. The third-order valence-corrected chi connectivity index (χ3v) is 2.13. The normalized spacial score (nSPS) is 17.9. The van der Waals surface area contributed by atoms with Gasteiger partial charge in [-0.05, 0) is 6.42 Å². The van der Waals surface area contributed by atoms with Crippen LogP contribution in [0.4, 0.5) is 0 Å². The lowest BCUT2D eigenvalue weighted by Crippen LogP contribution is -2.44. The average molecular weight is 215 g/mol. The molecule has 0 spiro atoms. The number of carbonyl (C=O) groups is 2. The van der Waals surface area contributed by atoms with Gasteiger partial charge < -0.3 is 9.47 Å². The Morgan fingerprint density at radius 1 is 1.27 bits per heavy atom. The van der Waals surface area contributed by atoms with Crippen LogP contribution in [0.3, 0.4) is 0 Å². The van der Waals surface area contributed by atoms with Gasteiger partial charge in [0.25, 0.3) is 0 Å². The van der Waals surface area contributed by atoms with E-state index in [1.54, 1.807) is 4.90 Å². The molecule has 0 unspecified atom stereocenters.